The minimum atomic E-state index is -3.88. The lowest BCUT2D eigenvalue weighted by molar-refractivity contribution is -0.0499. The van der Waals surface area contributed by atoms with Crippen LogP contribution in [0, 0.1) is 5.82 Å². The molecule has 1 fully saturated rings. The summed E-state index contributed by atoms with van der Waals surface area (Å²) in [7, 11) is -3.88. The van der Waals surface area contributed by atoms with Crippen molar-refractivity contribution in [3.63, 3.8) is 0 Å². The molecular weight excluding hydrogens is 455 g/mol. The number of anilines is 1. The molecular formula is C24H20F3NO4S. The summed E-state index contributed by atoms with van der Waals surface area (Å²) in [6, 6.07) is 15.0. The molecule has 0 saturated heterocycles. The first-order valence-electron chi connectivity index (χ1n) is 10.5. The molecule has 1 aliphatic carbocycles. The van der Waals surface area contributed by atoms with E-state index in [1.165, 1.54) is 16.4 Å². The fraction of sp³-hybridized carbons (Fsp3) is 0.250. The molecule has 2 aliphatic rings. The maximum absolute atomic E-state index is 14.0. The van der Waals surface area contributed by atoms with E-state index in [0.717, 1.165) is 24.5 Å². The van der Waals surface area contributed by atoms with Crippen LogP contribution in [0.5, 0.6) is 11.5 Å². The van der Waals surface area contributed by atoms with Crippen molar-refractivity contribution >= 4 is 15.7 Å². The van der Waals surface area contributed by atoms with E-state index in [2.05, 4.69) is 4.74 Å². The fourth-order valence-corrected chi connectivity index (χ4v) is 5.50. The van der Waals surface area contributed by atoms with Crippen LogP contribution in [0.4, 0.5) is 18.9 Å². The zero-order chi connectivity index (χ0) is 23.2. The SMILES string of the molecule is O=S(=O)(c1cccc(C2CC2)c1)N1CCOc2ccc(-c3cc(F)cc(OC(F)F)c3)cc21. The van der Waals surface area contributed by atoms with Gasteiger partial charge in [0.05, 0.1) is 17.1 Å². The van der Waals surface area contributed by atoms with E-state index in [0.29, 0.717) is 22.9 Å². The van der Waals surface area contributed by atoms with E-state index in [-0.39, 0.29) is 29.4 Å². The normalized spacial score (nSPS) is 15.8. The molecule has 1 aliphatic heterocycles. The van der Waals surface area contributed by atoms with Gasteiger partial charge in [-0.3, -0.25) is 4.31 Å². The van der Waals surface area contributed by atoms with Crippen molar-refractivity contribution in [3.8, 4) is 22.6 Å². The van der Waals surface area contributed by atoms with E-state index >= 15 is 0 Å². The van der Waals surface area contributed by atoms with E-state index < -0.39 is 22.5 Å². The molecule has 5 rings (SSSR count). The second-order valence-corrected chi connectivity index (χ2v) is 9.87. The van der Waals surface area contributed by atoms with Crippen LogP contribution in [0.2, 0.25) is 0 Å². The van der Waals surface area contributed by atoms with E-state index in [1.807, 2.05) is 6.07 Å². The third-order valence-electron chi connectivity index (χ3n) is 5.70. The summed E-state index contributed by atoms with van der Waals surface area (Å²) in [6.07, 6.45) is 2.11. The van der Waals surface area contributed by atoms with Gasteiger partial charge in [-0.25, -0.2) is 12.8 Å². The molecule has 0 aromatic heterocycles. The Bertz CT molecular complexity index is 1310. The van der Waals surface area contributed by atoms with Crippen LogP contribution in [0.25, 0.3) is 11.1 Å². The molecule has 1 saturated carbocycles. The van der Waals surface area contributed by atoms with Crippen LogP contribution in [0.3, 0.4) is 0 Å². The molecule has 33 heavy (non-hydrogen) atoms. The molecule has 0 N–H and O–H groups in total. The first-order chi connectivity index (χ1) is 15.8. The highest BCUT2D eigenvalue weighted by molar-refractivity contribution is 7.92. The number of sulfonamides is 1. The molecule has 0 atom stereocenters. The number of hydrogen-bond donors (Lipinski definition) is 0. The molecule has 0 radical (unpaired) electrons. The standard InChI is InChI=1S/C24H20F3NO4S/c25-19-10-18(11-20(14-19)32-24(26)27)17-6-7-23-22(13-17)28(8-9-31-23)33(29,30)21-3-1-2-16(12-21)15-4-5-15/h1-3,6-7,10-15,24H,4-5,8-9H2. The molecule has 5 nitrogen and oxygen atoms in total. The van der Waals surface area contributed by atoms with Crippen molar-refractivity contribution < 1.29 is 31.1 Å². The maximum atomic E-state index is 14.0. The summed E-state index contributed by atoms with van der Waals surface area (Å²) in [5.41, 5.74) is 2.01. The number of nitrogens with zero attached hydrogens (tertiary/aromatic N) is 1. The van der Waals surface area contributed by atoms with Crippen LogP contribution in [-0.4, -0.2) is 28.2 Å². The van der Waals surface area contributed by atoms with Crippen LogP contribution in [-0.2, 0) is 10.0 Å². The Hall–Kier alpha value is -3.20. The molecule has 0 spiro atoms. The average molecular weight is 475 g/mol. The van der Waals surface area contributed by atoms with Gasteiger partial charge in [-0.05, 0) is 71.8 Å². The van der Waals surface area contributed by atoms with Gasteiger partial charge >= 0.3 is 6.61 Å². The van der Waals surface area contributed by atoms with Gasteiger partial charge in [0.2, 0.25) is 0 Å². The van der Waals surface area contributed by atoms with Crippen molar-refractivity contribution in [2.45, 2.75) is 30.3 Å². The third kappa shape index (κ3) is 4.37. The van der Waals surface area contributed by atoms with Crippen LogP contribution >= 0.6 is 0 Å². The van der Waals surface area contributed by atoms with Gasteiger partial charge in [0.1, 0.15) is 23.9 Å². The lowest BCUT2D eigenvalue weighted by atomic mass is 10.0. The van der Waals surface area contributed by atoms with Crippen LogP contribution in [0.15, 0.2) is 65.6 Å². The van der Waals surface area contributed by atoms with E-state index in [9.17, 15) is 21.6 Å². The highest BCUT2D eigenvalue weighted by Gasteiger charge is 2.32. The molecule has 0 amide bonds. The van der Waals surface area contributed by atoms with Gasteiger partial charge < -0.3 is 9.47 Å². The van der Waals surface area contributed by atoms with Crippen LogP contribution < -0.4 is 13.8 Å². The van der Waals surface area contributed by atoms with Crippen molar-refractivity contribution in [3.05, 3.63) is 72.0 Å². The van der Waals surface area contributed by atoms with Gasteiger partial charge in [0.15, 0.2) is 0 Å². The Morgan fingerprint density at radius 3 is 2.58 bits per heavy atom. The second kappa shape index (κ2) is 8.30. The Labute approximate surface area is 189 Å². The lowest BCUT2D eigenvalue weighted by Crippen LogP contribution is -2.38. The molecule has 9 heteroatoms. The Kier molecular flexibility index (Phi) is 5.44. The molecule has 0 bridgehead atoms. The topological polar surface area (TPSA) is 55.8 Å². The summed E-state index contributed by atoms with van der Waals surface area (Å²) >= 11 is 0. The number of fused-ring (bicyclic) bond motifs is 1. The van der Waals surface area contributed by atoms with Gasteiger partial charge in [-0.15, -0.1) is 0 Å². The van der Waals surface area contributed by atoms with Crippen molar-refractivity contribution in [2.24, 2.45) is 0 Å². The number of ether oxygens (including phenoxy) is 2. The van der Waals surface area contributed by atoms with Gasteiger partial charge in [0.25, 0.3) is 10.0 Å². The maximum Gasteiger partial charge on any atom is 0.387 e. The zero-order valence-electron chi connectivity index (χ0n) is 17.4. The molecule has 172 valence electrons. The highest BCUT2D eigenvalue weighted by Crippen LogP contribution is 2.42. The first kappa shape index (κ1) is 21.6. The van der Waals surface area contributed by atoms with Gasteiger partial charge in [0, 0.05) is 6.07 Å². The van der Waals surface area contributed by atoms with Gasteiger partial charge in [-0.2, -0.15) is 8.78 Å². The first-order valence-corrected chi connectivity index (χ1v) is 11.9. The minimum absolute atomic E-state index is 0.106. The molecule has 3 aromatic carbocycles. The Morgan fingerprint density at radius 1 is 1.00 bits per heavy atom. The van der Waals surface area contributed by atoms with Crippen molar-refractivity contribution in [1.82, 2.24) is 0 Å². The number of hydrogen-bond acceptors (Lipinski definition) is 4. The number of benzene rings is 3. The summed E-state index contributed by atoms with van der Waals surface area (Å²) in [5, 5.41) is 0. The summed E-state index contributed by atoms with van der Waals surface area (Å²) in [5.74, 6) is -0.303. The largest absolute Gasteiger partial charge is 0.489 e. The monoisotopic (exact) mass is 475 g/mol. The van der Waals surface area contributed by atoms with E-state index in [4.69, 9.17) is 4.74 Å². The smallest absolute Gasteiger partial charge is 0.387 e. The second-order valence-electron chi connectivity index (χ2n) is 8.01. The highest BCUT2D eigenvalue weighted by atomic mass is 32.2. The van der Waals surface area contributed by atoms with Crippen LogP contribution in [0.1, 0.15) is 24.3 Å². The quantitative estimate of drug-likeness (QED) is 0.469. The van der Waals surface area contributed by atoms with Crippen molar-refractivity contribution in [2.75, 3.05) is 17.5 Å². The summed E-state index contributed by atoms with van der Waals surface area (Å²) < 4.78 is 77.6. The van der Waals surface area contributed by atoms with E-state index in [1.54, 1.807) is 36.4 Å². The summed E-state index contributed by atoms with van der Waals surface area (Å²) in [4.78, 5) is 0.198. The third-order valence-corrected chi connectivity index (χ3v) is 7.51. The molecule has 0 unspecified atom stereocenters. The lowest BCUT2D eigenvalue weighted by Gasteiger charge is -2.31. The molecule has 1 heterocycles. The zero-order valence-corrected chi connectivity index (χ0v) is 18.2. The predicted octanol–water partition coefficient (Wildman–Crippen LogP) is 5.56. The minimum Gasteiger partial charge on any atom is -0.489 e. The summed E-state index contributed by atoms with van der Waals surface area (Å²) in [6.45, 7) is -2.81. The fourth-order valence-electron chi connectivity index (χ4n) is 4.00. The molecule has 3 aromatic rings. The van der Waals surface area contributed by atoms with Gasteiger partial charge in [-0.1, -0.05) is 18.2 Å². The Balaban J connectivity index is 1.54. The predicted molar refractivity (Wildman–Crippen MR) is 117 cm³/mol. The number of alkyl halides is 2. The Morgan fingerprint density at radius 2 is 1.82 bits per heavy atom. The van der Waals surface area contributed by atoms with Crippen molar-refractivity contribution in [1.29, 1.82) is 0 Å². The number of halogens is 3. The number of rotatable bonds is 6. The average Bonchev–Trinajstić information content (AvgIpc) is 3.63.